The summed E-state index contributed by atoms with van der Waals surface area (Å²) < 4.78 is 32.7. The van der Waals surface area contributed by atoms with E-state index in [-0.39, 0.29) is 24.0 Å². The molecule has 0 radical (unpaired) electrons. The lowest BCUT2D eigenvalue weighted by Crippen LogP contribution is -2.38. The molecule has 1 aromatic heterocycles. The van der Waals surface area contributed by atoms with Crippen molar-refractivity contribution in [1.29, 1.82) is 0 Å². The minimum absolute atomic E-state index is 0.0232. The van der Waals surface area contributed by atoms with Gasteiger partial charge in [0.25, 0.3) is 0 Å². The lowest BCUT2D eigenvalue weighted by molar-refractivity contribution is -0.134. The van der Waals surface area contributed by atoms with Crippen molar-refractivity contribution in [2.45, 2.75) is 11.3 Å². The number of rotatable bonds is 4. The molecule has 2 rings (SSSR count). The molecule has 0 atom stereocenters. The first-order chi connectivity index (χ1) is 9.95. The van der Waals surface area contributed by atoms with E-state index in [1.165, 1.54) is 28.5 Å². The smallest absolute Gasteiger partial charge is 0.248 e. The first-order valence-electron chi connectivity index (χ1n) is 6.70. The number of hydrogen-bond donors (Lipinski definition) is 0. The maximum absolute atomic E-state index is 12.5. The lowest BCUT2D eigenvalue weighted by Gasteiger charge is -2.21. The third kappa shape index (κ3) is 3.60. The van der Waals surface area contributed by atoms with E-state index in [0.29, 0.717) is 26.1 Å². The van der Waals surface area contributed by atoms with Gasteiger partial charge in [-0.3, -0.25) is 9.48 Å². The Morgan fingerprint density at radius 3 is 2.71 bits per heavy atom. The van der Waals surface area contributed by atoms with Gasteiger partial charge in [-0.2, -0.15) is 9.40 Å². The van der Waals surface area contributed by atoms with Crippen LogP contribution in [-0.4, -0.2) is 73.2 Å². The standard InChI is InChI=1S/C12H20N4O4S/c1-14-9-11(8-13-14)21(18,19)16-5-3-4-15(6-7-16)12(17)10-20-2/h8-9H,3-7,10H2,1-2H3. The Morgan fingerprint density at radius 2 is 2.10 bits per heavy atom. The van der Waals surface area contributed by atoms with Gasteiger partial charge in [-0.1, -0.05) is 0 Å². The van der Waals surface area contributed by atoms with Crippen LogP contribution in [0.4, 0.5) is 0 Å². The van der Waals surface area contributed by atoms with Gasteiger partial charge in [-0.25, -0.2) is 8.42 Å². The van der Waals surface area contributed by atoms with Crippen LogP contribution in [0.5, 0.6) is 0 Å². The second-order valence-electron chi connectivity index (χ2n) is 4.92. The summed E-state index contributed by atoms with van der Waals surface area (Å²) in [5.41, 5.74) is 0. The van der Waals surface area contributed by atoms with Crippen molar-refractivity contribution in [3.63, 3.8) is 0 Å². The van der Waals surface area contributed by atoms with Crippen LogP contribution in [0.2, 0.25) is 0 Å². The fraction of sp³-hybridized carbons (Fsp3) is 0.667. The Morgan fingerprint density at radius 1 is 1.33 bits per heavy atom. The van der Waals surface area contributed by atoms with Gasteiger partial charge in [-0.15, -0.1) is 0 Å². The molecule has 0 saturated carbocycles. The van der Waals surface area contributed by atoms with Crippen molar-refractivity contribution < 1.29 is 17.9 Å². The number of methoxy groups -OCH3 is 1. The maximum atomic E-state index is 12.5. The Kier molecular flexibility index (Phi) is 4.96. The van der Waals surface area contributed by atoms with Gasteiger partial charge in [0.05, 0.1) is 6.20 Å². The molecule has 1 amide bonds. The Hall–Kier alpha value is -1.45. The largest absolute Gasteiger partial charge is 0.375 e. The summed E-state index contributed by atoms with van der Waals surface area (Å²) in [5, 5.41) is 3.90. The molecule has 0 bridgehead atoms. The van der Waals surface area contributed by atoms with Gasteiger partial charge in [0.1, 0.15) is 11.5 Å². The highest BCUT2D eigenvalue weighted by Crippen LogP contribution is 2.16. The first-order valence-corrected chi connectivity index (χ1v) is 8.14. The molecule has 1 saturated heterocycles. The molecule has 0 aromatic carbocycles. The molecule has 0 aliphatic carbocycles. The highest BCUT2D eigenvalue weighted by atomic mass is 32.2. The topological polar surface area (TPSA) is 84.7 Å². The minimum Gasteiger partial charge on any atom is -0.375 e. The monoisotopic (exact) mass is 316 g/mol. The number of aryl methyl sites for hydroxylation is 1. The van der Waals surface area contributed by atoms with E-state index in [0.717, 1.165) is 0 Å². The van der Waals surface area contributed by atoms with Gasteiger partial charge in [-0.05, 0) is 6.42 Å². The molecular formula is C12H20N4O4S. The SMILES string of the molecule is COCC(=O)N1CCCN(S(=O)(=O)c2cnn(C)c2)CC1. The summed E-state index contributed by atoms with van der Waals surface area (Å²) >= 11 is 0. The summed E-state index contributed by atoms with van der Waals surface area (Å²) in [6.45, 7) is 1.62. The van der Waals surface area contributed by atoms with E-state index < -0.39 is 10.0 Å². The second-order valence-corrected chi connectivity index (χ2v) is 6.86. The summed E-state index contributed by atoms with van der Waals surface area (Å²) in [6.07, 6.45) is 3.43. The zero-order chi connectivity index (χ0) is 15.5. The van der Waals surface area contributed by atoms with Crippen LogP contribution in [0.1, 0.15) is 6.42 Å². The van der Waals surface area contributed by atoms with Crippen molar-refractivity contribution in [1.82, 2.24) is 19.0 Å². The highest BCUT2D eigenvalue weighted by molar-refractivity contribution is 7.89. The Bertz CT molecular complexity index is 598. The Labute approximate surface area is 124 Å². The van der Waals surface area contributed by atoms with Crippen molar-refractivity contribution in [3.05, 3.63) is 12.4 Å². The number of nitrogens with zero attached hydrogens (tertiary/aromatic N) is 4. The molecule has 1 aliphatic rings. The number of carbonyl (C=O) groups is 1. The average Bonchev–Trinajstić information content (AvgIpc) is 2.74. The number of sulfonamides is 1. The van der Waals surface area contributed by atoms with Gasteiger partial charge in [0.15, 0.2) is 0 Å². The van der Waals surface area contributed by atoms with Gasteiger partial charge >= 0.3 is 0 Å². The van der Waals surface area contributed by atoms with E-state index in [2.05, 4.69) is 5.10 Å². The van der Waals surface area contributed by atoms with Crippen LogP contribution in [0, 0.1) is 0 Å². The number of hydrogen-bond acceptors (Lipinski definition) is 5. The molecule has 0 N–H and O–H groups in total. The van der Waals surface area contributed by atoms with E-state index in [1.54, 1.807) is 11.9 Å². The fourth-order valence-corrected chi connectivity index (χ4v) is 3.74. The second kappa shape index (κ2) is 6.54. The predicted molar refractivity (Wildman–Crippen MR) is 75.0 cm³/mol. The molecule has 1 fully saturated rings. The van der Waals surface area contributed by atoms with Crippen LogP contribution >= 0.6 is 0 Å². The fourth-order valence-electron chi connectivity index (χ4n) is 2.28. The molecule has 118 valence electrons. The van der Waals surface area contributed by atoms with Crippen LogP contribution in [0.15, 0.2) is 17.3 Å². The first kappa shape index (κ1) is 15.9. The molecule has 0 spiro atoms. The Balaban J connectivity index is 2.07. The summed E-state index contributed by atoms with van der Waals surface area (Å²) in [7, 11) is -0.405. The summed E-state index contributed by atoms with van der Waals surface area (Å²) in [5.74, 6) is -0.113. The highest BCUT2D eigenvalue weighted by Gasteiger charge is 2.29. The molecule has 21 heavy (non-hydrogen) atoms. The third-order valence-corrected chi connectivity index (χ3v) is 5.25. The van der Waals surface area contributed by atoms with Crippen LogP contribution in [0.3, 0.4) is 0 Å². The van der Waals surface area contributed by atoms with Gasteiger partial charge in [0.2, 0.25) is 15.9 Å². The molecule has 9 heteroatoms. The van der Waals surface area contributed by atoms with E-state index in [9.17, 15) is 13.2 Å². The van der Waals surface area contributed by atoms with Crippen molar-refractivity contribution in [3.8, 4) is 0 Å². The minimum atomic E-state index is -3.55. The van der Waals surface area contributed by atoms with Crippen LogP contribution < -0.4 is 0 Å². The quantitative estimate of drug-likeness (QED) is 0.732. The summed E-state index contributed by atoms with van der Waals surface area (Å²) in [4.78, 5) is 13.6. The van der Waals surface area contributed by atoms with Crippen LogP contribution in [0.25, 0.3) is 0 Å². The molecule has 0 unspecified atom stereocenters. The zero-order valence-electron chi connectivity index (χ0n) is 12.2. The number of carbonyl (C=O) groups excluding carboxylic acids is 1. The number of ether oxygens (including phenoxy) is 1. The van der Waals surface area contributed by atoms with Crippen molar-refractivity contribution in [2.24, 2.45) is 7.05 Å². The lowest BCUT2D eigenvalue weighted by atomic mass is 10.4. The normalized spacial score (nSPS) is 17.7. The van der Waals surface area contributed by atoms with Gasteiger partial charge in [0, 0.05) is 46.5 Å². The van der Waals surface area contributed by atoms with Gasteiger partial charge < -0.3 is 9.64 Å². The van der Waals surface area contributed by atoms with Crippen molar-refractivity contribution >= 4 is 15.9 Å². The number of amides is 1. The zero-order valence-corrected chi connectivity index (χ0v) is 13.0. The number of aromatic nitrogens is 2. The van der Waals surface area contributed by atoms with E-state index in [4.69, 9.17) is 4.74 Å². The molecule has 8 nitrogen and oxygen atoms in total. The third-order valence-electron chi connectivity index (χ3n) is 3.39. The van der Waals surface area contributed by atoms with E-state index >= 15 is 0 Å². The predicted octanol–water partition coefficient (Wildman–Crippen LogP) is -0.710. The molecule has 1 aliphatic heterocycles. The average molecular weight is 316 g/mol. The molecular weight excluding hydrogens is 296 g/mol. The maximum Gasteiger partial charge on any atom is 0.248 e. The van der Waals surface area contributed by atoms with Crippen molar-refractivity contribution in [2.75, 3.05) is 39.9 Å². The van der Waals surface area contributed by atoms with Crippen LogP contribution in [-0.2, 0) is 26.6 Å². The van der Waals surface area contributed by atoms with E-state index in [1.807, 2.05) is 0 Å². The molecule has 2 heterocycles. The molecule has 1 aromatic rings. The summed E-state index contributed by atoms with van der Waals surface area (Å²) in [6, 6.07) is 0.